The second-order valence-electron chi connectivity index (χ2n) is 6.41. The first-order valence-corrected chi connectivity index (χ1v) is 8.23. The minimum Gasteiger partial charge on any atom is -0.367 e. The summed E-state index contributed by atoms with van der Waals surface area (Å²) in [6, 6.07) is 3.01. The molecule has 0 saturated carbocycles. The second-order valence-corrected chi connectivity index (χ2v) is 6.41. The quantitative estimate of drug-likeness (QED) is 0.913. The number of carbonyl (C=O) groups is 2. The van der Waals surface area contributed by atoms with Gasteiger partial charge in [0, 0.05) is 38.7 Å². The van der Waals surface area contributed by atoms with Crippen molar-refractivity contribution in [3.63, 3.8) is 0 Å². The Bertz CT molecular complexity index is 653. The molecule has 0 aromatic heterocycles. The van der Waals surface area contributed by atoms with Crippen molar-refractivity contribution in [3.05, 3.63) is 29.8 Å². The van der Waals surface area contributed by atoms with Crippen LogP contribution in [-0.2, 0) is 9.59 Å². The molecule has 2 atom stereocenters. The zero-order valence-corrected chi connectivity index (χ0v) is 13.6. The molecule has 2 heterocycles. The van der Waals surface area contributed by atoms with Gasteiger partial charge in [-0.3, -0.25) is 9.59 Å². The van der Waals surface area contributed by atoms with Gasteiger partial charge in [0.2, 0.25) is 11.8 Å². The highest BCUT2D eigenvalue weighted by Crippen LogP contribution is 2.25. The number of rotatable bonds is 3. The summed E-state index contributed by atoms with van der Waals surface area (Å²) < 4.78 is 26.9. The molecule has 1 aromatic rings. The summed E-state index contributed by atoms with van der Waals surface area (Å²) in [7, 11) is 0. The fourth-order valence-electron chi connectivity index (χ4n) is 3.55. The van der Waals surface area contributed by atoms with E-state index in [1.165, 1.54) is 19.1 Å². The molecule has 0 radical (unpaired) electrons. The largest absolute Gasteiger partial charge is 0.367 e. The highest BCUT2D eigenvalue weighted by atomic mass is 19.1. The SMILES string of the molecule is CC(=O)N1CCC[C@@H]1C(=O)N[C@@H]1CCN(c2ccc(F)cc2F)C1. The number of amides is 2. The number of hydrogen-bond acceptors (Lipinski definition) is 3. The third-order valence-corrected chi connectivity index (χ3v) is 4.74. The third kappa shape index (κ3) is 3.34. The van der Waals surface area contributed by atoms with E-state index in [4.69, 9.17) is 0 Å². The lowest BCUT2D eigenvalue weighted by atomic mass is 10.1. The number of likely N-dealkylation sites (tertiary alicyclic amines) is 1. The van der Waals surface area contributed by atoms with Gasteiger partial charge in [-0.1, -0.05) is 0 Å². The predicted octanol–water partition coefficient (Wildman–Crippen LogP) is 1.67. The van der Waals surface area contributed by atoms with Crippen LogP contribution in [0.4, 0.5) is 14.5 Å². The van der Waals surface area contributed by atoms with E-state index in [1.54, 1.807) is 9.80 Å². The number of anilines is 1. The van der Waals surface area contributed by atoms with E-state index in [0.29, 0.717) is 38.2 Å². The minimum atomic E-state index is -0.606. The van der Waals surface area contributed by atoms with Gasteiger partial charge in [-0.25, -0.2) is 8.78 Å². The van der Waals surface area contributed by atoms with Gasteiger partial charge >= 0.3 is 0 Å². The van der Waals surface area contributed by atoms with Crippen molar-refractivity contribution in [3.8, 4) is 0 Å². The van der Waals surface area contributed by atoms with E-state index in [2.05, 4.69) is 5.32 Å². The van der Waals surface area contributed by atoms with Gasteiger partial charge in [0.05, 0.1) is 5.69 Å². The van der Waals surface area contributed by atoms with E-state index < -0.39 is 17.7 Å². The highest BCUT2D eigenvalue weighted by Gasteiger charge is 2.34. The summed E-state index contributed by atoms with van der Waals surface area (Å²) in [5.41, 5.74) is 0.347. The highest BCUT2D eigenvalue weighted by molar-refractivity contribution is 5.87. The molecule has 130 valence electrons. The number of nitrogens with zero attached hydrogens (tertiary/aromatic N) is 2. The number of benzene rings is 1. The standard InChI is InChI=1S/C17H21F2N3O2/c1-11(23)22-7-2-3-16(22)17(24)20-13-6-8-21(10-13)15-5-4-12(18)9-14(15)19/h4-5,9,13,16H,2-3,6-8,10H2,1H3,(H,20,24)/t13-,16-/m1/s1. The molecule has 0 unspecified atom stereocenters. The number of nitrogens with one attached hydrogen (secondary N) is 1. The van der Waals surface area contributed by atoms with Crippen molar-refractivity contribution in [2.24, 2.45) is 0 Å². The summed E-state index contributed by atoms with van der Waals surface area (Å²) in [6.07, 6.45) is 2.19. The Kier molecular flexibility index (Phi) is 4.69. The van der Waals surface area contributed by atoms with Gasteiger partial charge in [-0.05, 0) is 31.4 Å². The first kappa shape index (κ1) is 16.7. The summed E-state index contributed by atoms with van der Waals surface area (Å²) in [5, 5.41) is 2.97. The molecule has 2 aliphatic heterocycles. The zero-order valence-electron chi connectivity index (χ0n) is 13.6. The number of hydrogen-bond donors (Lipinski definition) is 1. The first-order valence-electron chi connectivity index (χ1n) is 8.23. The average Bonchev–Trinajstić information content (AvgIpc) is 3.16. The van der Waals surface area contributed by atoms with E-state index in [-0.39, 0.29) is 17.9 Å². The number of carbonyl (C=O) groups excluding carboxylic acids is 2. The maximum Gasteiger partial charge on any atom is 0.243 e. The van der Waals surface area contributed by atoms with Crippen LogP contribution in [-0.4, -0.2) is 48.4 Å². The van der Waals surface area contributed by atoms with Crippen LogP contribution >= 0.6 is 0 Å². The van der Waals surface area contributed by atoms with Gasteiger partial charge in [-0.15, -0.1) is 0 Å². The Labute approximate surface area is 139 Å². The Morgan fingerprint density at radius 1 is 1.21 bits per heavy atom. The van der Waals surface area contributed by atoms with Crippen LogP contribution in [0.1, 0.15) is 26.2 Å². The van der Waals surface area contributed by atoms with E-state index in [9.17, 15) is 18.4 Å². The molecule has 0 spiro atoms. The zero-order chi connectivity index (χ0) is 17.3. The lowest BCUT2D eigenvalue weighted by Gasteiger charge is -2.24. The molecule has 7 heteroatoms. The molecule has 1 N–H and O–H groups in total. The van der Waals surface area contributed by atoms with Crippen LogP contribution in [0.5, 0.6) is 0 Å². The topological polar surface area (TPSA) is 52.7 Å². The number of halogens is 2. The van der Waals surface area contributed by atoms with Crippen molar-refractivity contribution >= 4 is 17.5 Å². The molecular formula is C17H21F2N3O2. The Morgan fingerprint density at radius 3 is 2.71 bits per heavy atom. The Balaban J connectivity index is 1.60. The predicted molar refractivity (Wildman–Crippen MR) is 85.5 cm³/mol. The van der Waals surface area contributed by atoms with Crippen LogP contribution in [0.15, 0.2) is 18.2 Å². The van der Waals surface area contributed by atoms with E-state index in [0.717, 1.165) is 12.5 Å². The van der Waals surface area contributed by atoms with Gasteiger partial charge in [0.25, 0.3) is 0 Å². The normalized spacial score (nSPS) is 23.6. The fraction of sp³-hybridized carbons (Fsp3) is 0.529. The van der Waals surface area contributed by atoms with Crippen LogP contribution in [0.3, 0.4) is 0 Å². The first-order chi connectivity index (χ1) is 11.5. The average molecular weight is 337 g/mol. The molecule has 0 aliphatic carbocycles. The molecule has 2 saturated heterocycles. The molecule has 0 bridgehead atoms. The molecular weight excluding hydrogens is 316 g/mol. The third-order valence-electron chi connectivity index (χ3n) is 4.74. The lowest BCUT2D eigenvalue weighted by Crippen LogP contribution is -2.49. The van der Waals surface area contributed by atoms with Crippen LogP contribution in [0.2, 0.25) is 0 Å². The minimum absolute atomic E-state index is 0.0888. The Hall–Kier alpha value is -2.18. The molecule has 5 nitrogen and oxygen atoms in total. The maximum absolute atomic E-state index is 13.9. The van der Waals surface area contributed by atoms with Crippen molar-refractivity contribution in [1.29, 1.82) is 0 Å². The van der Waals surface area contributed by atoms with Crippen molar-refractivity contribution in [2.75, 3.05) is 24.5 Å². The molecule has 2 aliphatic rings. The fourth-order valence-corrected chi connectivity index (χ4v) is 3.55. The second kappa shape index (κ2) is 6.75. The summed E-state index contributed by atoms with van der Waals surface area (Å²) in [6.45, 7) is 3.15. The van der Waals surface area contributed by atoms with Gasteiger partial charge < -0.3 is 15.1 Å². The van der Waals surface area contributed by atoms with Crippen LogP contribution < -0.4 is 10.2 Å². The lowest BCUT2D eigenvalue weighted by molar-refractivity contribution is -0.137. The van der Waals surface area contributed by atoms with Gasteiger partial charge in [0.1, 0.15) is 17.7 Å². The molecule has 3 rings (SSSR count). The van der Waals surface area contributed by atoms with Crippen molar-refractivity contribution in [1.82, 2.24) is 10.2 Å². The Morgan fingerprint density at radius 2 is 2.00 bits per heavy atom. The van der Waals surface area contributed by atoms with E-state index in [1.807, 2.05) is 0 Å². The summed E-state index contributed by atoms with van der Waals surface area (Å²) >= 11 is 0. The monoisotopic (exact) mass is 337 g/mol. The molecule has 24 heavy (non-hydrogen) atoms. The van der Waals surface area contributed by atoms with Gasteiger partial charge in [-0.2, -0.15) is 0 Å². The van der Waals surface area contributed by atoms with Crippen molar-refractivity contribution in [2.45, 2.75) is 38.3 Å². The molecule has 2 amide bonds. The van der Waals surface area contributed by atoms with Crippen LogP contribution in [0.25, 0.3) is 0 Å². The maximum atomic E-state index is 13.9. The molecule has 1 aromatic carbocycles. The van der Waals surface area contributed by atoms with Gasteiger partial charge in [0.15, 0.2) is 0 Å². The smallest absolute Gasteiger partial charge is 0.243 e. The van der Waals surface area contributed by atoms with E-state index >= 15 is 0 Å². The molecule has 2 fully saturated rings. The van der Waals surface area contributed by atoms with Crippen LogP contribution in [0, 0.1) is 11.6 Å². The summed E-state index contributed by atoms with van der Waals surface area (Å²) in [5.74, 6) is -1.44. The summed E-state index contributed by atoms with van der Waals surface area (Å²) in [4.78, 5) is 27.4. The van der Waals surface area contributed by atoms with Crippen molar-refractivity contribution < 1.29 is 18.4 Å².